The molecule has 0 aromatic carbocycles. The topological polar surface area (TPSA) is 99.1 Å². The van der Waals surface area contributed by atoms with Gasteiger partial charge in [-0.05, 0) is 77.0 Å². The quantitative estimate of drug-likeness (QED) is 0.0216. The smallest absolute Gasteiger partial charge is 0.362 e. The van der Waals surface area contributed by atoms with Crippen LogP contribution in [0.4, 0.5) is 0 Å². The molecule has 0 spiro atoms. The standard InChI is InChI=1S/C52H83NO7/c1-6-8-10-12-14-16-18-20-22-23-24-25-26-27-29-31-33-35-37-39-41-43-51(55)60-48(46-58-45-44-49(52(56)57)53(3,4)5)47-59-50(54)42-40-38-36-34-32-30-28-21-19-17-15-13-11-9-7-2/h9,11,13-17,19-22,24-25,27-30,32,48-49H,6-8,10,12,18,23,26,31,33-47H2,1-5H3/p+1/b11-9+,15-13+,16-14+,19-17+,22-20+,25-24+,28-21+,29-27+,32-30+. The maximum absolute atomic E-state index is 12.8. The van der Waals surface area contributed by atoms with Crippen LogP contribution in [0.2, 0.25) is 0 Å². The van der Waals surface area contributed by atoms with Crippen molar-refractivity contribution in [1.82, 2.24) is 0 Å². The summed E-state index contributed by atoms with van der Waals surface area (Å²) in [5.74, 6) is -1.56. The maximum Gasteiger partial charge on any atom is 0.362 e. The van der Waals surface area contributed by atoms with Crippen LogP contribution in [-0.4, -0.2) is 80.6 Å². The Kier molecular flexibility index (Phi) is 38.9. The second-order valence-corrected chi connectivity index (χ2v) is 16.0. The number of carboxylic acids is 1. The lowest BCUT2D eigenvalue weighted by molar-refractivity contribution is -0.887. The monoisotopic (exact) mass is 835 g/mol. The van der Waals surface area contributed by atoms with Crippen molar-refractivity contribution in [3.05, 3.63) is 109 Å². The lowest BCUT2D eigenvalue weighted by atomic mass is 10.1. The second kappa shape index (κ2) is 41.7. The van der Waals surface area contributed by atoms with Gasteiger partial charge >= 0.3 is 17.9 Å². The van der Waals surface area contributed by atoms with E-state index in [1.807, 2.05) is 69.8 Å². The summed E-state index contributed by atoms with van der Waals surface area (Å²) in [6.07, 6.45) is 57.0. The van der Waals surface area contributed by atoms with Gasteiger partial charge in [0.25, 0.3) is 0 Å². The van der Waals surface area contributed by atoms with Crippen LogP contribution in [0.25, 0.3) is 0 Å². The average Bonchev–Trinajstić information content (AvgIpc) is 3.21. The van der Waals surface area contributed by atoms with Crippen LogP contribution >= 0.6 is 0 Å². The summed E-state index contributed by atoms with van der Waals surface area (Å²) in [5.41, 5.74) is 0. The highest BCUT2D eigenvalue weighted by atomic mass is 16.6. The van der Waals surface area contributed by atoms with Crippen LogP contribution in [-0.2, 0) is 28.6 Å². The van der Waals surface area contributed by atoms with E-state index >= 15 is 0 Å². The fraction of sp³-hybridized carbons (Fsp3) is 0.596. The van der Waals surface area contributed by atoms with Crippen LogP contribution in [0.1, 0.15) is 149 Å². The lowest BCUT2D eigenvalue weighted by Crippen LogP contribution is -2.50. The average molecular weight is 835 g/mol. The van der Waals surface area contributed by atoms with Crippen molar-refractivity contribution in [2.24, 2.45) is 0 Å². The molecular formula is C52H84NO7+. The van der Waals surface area contributed by atoms with Crippen LogP contribution in [0.3, 0.4) is 0 Å². The molecule has 8 nitrogen and oxygen atoms in total. The minimum Gasteiger partial charge on any atom is -0.477 e. The van der Waals surface area contributed by atoms with Crippen molar-refractivity contribution in [2.75, 3.05) is 41.0 Å². The molecule has 338 valence electrons. The summed E-state index contributed by atoms with van der Waals surface area (Å²) in [6, 6.07) is -0.632. The van der Waals surface area contributed by atoms with E-state index in [1.54, 1.807) is 0 Å². The number of carbonyl (C=O) groups is 3. The molecule has 0 aliphatic carbocycles. The van der Waals surface area contributed by atoms with Gasteiger partial charge in [-0.2, -0.15) is 0 Å². The Labute approximate surface area is 366 Å². The van der Waals surface area contributed by atoms with E-state index in [9.17, 15) is 19.5 Å². The van der Waals surface area contributed by atoms with Crippen molar-refractivity contribution >= 4 is 17.9 Å². The molecule has 2 atom stereocenters. The van der Waals surface area contributed by atoms with Gasteiger partial charge in [-0.15, -0.1) is 0 Å². The molecule has 8 heteroatoms. The van der Waals surface area contributed by atoms with E-state index in [-0.39, 0.29) is 36.2 Å². The summed E-state index contributed by atoms with van der Waals surface area (Å²) in [6.45, 7) is 4.47. The third kappa shape index (κ3) is 39.5. The van der Waals surface area contributed by atoms with E-state index in [0.29, 0.717) is 19.3 Å². The Bertz CT molecular complexity index is 1340. The van der Waals surface area contributed by atoms with Crippen molar-refractivity contribution < 1.29 is 38.2 Å². The summed E-state index contributed by atoms with van der Waals surface area (Å²) in [7, 11) is 5.49. The zero-order valence-corrected chi connectivity index (χ0v) is 38.4. The Morgan fingerprint density at radius 1 is 0.533 bits per heavy atom. The van der Waals surface area contributed by atoms with Gasteiger partial charge < -0.3 is 23.8 Å². The molecule has 2 unspecified atom stereocenters. The first-order chi connectivity index (χ1) is 29.1. The molecule has 0 aliphatic rings. The number of aliphatic carboxylic acids is 1. The number of hydrogen-bond acceptors (Lipinski definition) is 6. The van der Waals surface area contributed by atoms with Crippen molar-refractivity contribution in [2.45, 2.75) is 161 Å². The van der Waals surface area contributed by atoms with Crippen LogP contribution in [0.5, 0.6) is 0 Å². The fourth-order valence-electron chi connectivity index (χ4n) is 5.98. The first kappa shape index (κ1) is 56.0. The number of likely N-dealkylation sites (N-methyl/N-ethyl adjacent to an activating group) is 1. The highest BCUT2D eigenvalue weighted by molar-refractivity contribution is 5.72. The normalized spacial score (nSPS) is 13.9. The number of carbonyl (C=O) groups excluding carboxylic acids is 2. The molecule has 0 aromatic heterocycles. The van der Waals surface area contributed by atoms with Gasteiger partial charge in [0, 0.05) is 19.3 Å². The zero-order valence-electron chi connectivity index (χ0n) is 38.4. The fourth-order valence-corrected chi connectivity index (χ4v) is 5.98. The Balaban J connectivity index is 4.45. The molecule has 0 bridgehead atoms. The molecule has 0 fully saturated rings. The molecule has 0 saturated heterocycles. The summed E-state index contributed by atoms with van der Waals surface area (Å²) in [5, 5.41) is 9.63. The van der Waals surface area contributed by atoms with E-state index in [0.717, 1.165) is 89.9 Å². The summed E-state index contributed by atoms with van der Waals surface area (Å²) < 4.78 is 17.2. The Morgan fingerprint density at radius 2 is 1.00 bits per heavy atom. The number of unbranched alkanes of at least 4 members (excludes halogenated alkanes) is 11. The van der Waals surface area contributed by atoms with Gasteiger partial charge in [0.05, 0.1) is 34.4 Å². The number of hydrogen-bond donors (Lipinski definition) is 1. The van der Waals surface area contributed by atoms with Crippen LogP contribution in [0, 0.1) is 0 Å². The first-order valence-corrected chi connectivity index (χ1v) is 23.0. The number of rotatable bonds is 39. The molecule has 0 aromatic rings. The minimum absolute atomic E-state index is 0.0313. The summed E-state index contributed by atoms with van der Waals surface area (Å²) in [4.78, 5) is 37.0. The third-order valence-corrected chi connectivity index (χ3v) is 9.53. The van der Waals surface area contributed by atoms with Crippen LogP contribution in [0.15, 0.2) is 109 Å². The number of nitrogens with zero attached hydrogens (tertiary/aromatic N) is 1. The molecule has 1 N–H and O–H groups in total. The highest BCUT2D eigenvalue weighted by Crippen LogP contribution is 2.12. The second-order valence-electron chi connectivity index (χ2n) is 16.0. The Hall–Kier alpha value is -4.01. The number of carboxylic acid groups (broad SMARTS) is 1. The minimum atomic E-state index is -0.890. The number of allylic oxidation sites excluding steroid dienone is 18. The van der Waals surface area contributed by atoms with Crippen LogP contribution < -0.4 is 0 Å². The molecule has 0 rings (SSSR count). The third-order valence-electron chi connectivity index (χ3n) is 9.53. The predicted molar refractivity (Wildman–Crippen MR) is 252 cm³/mol. The molecule has 0 aliphatic heterocycles. The lowest BCUT2D eigenvalue weighted by Gasteiger charge is -2.31. The number of esters is 2. The van der Waals surface area contributed by atoms with E-state index in [4.69, 9.17) is 14.2 Å². The maximum atomic E-state index is 12.8. The van der Waals surface area contributed by atoms with Gasteiger partial charge in [-0.3, -0.25) is 9.59 Å². The van der Waals surface area contributed by atoms with Gasteiger partial charge in [-0.1, -0.05) is 162 Å². The van der Waals surface area contributed by atoms with Gasteiger partial charge in [0.1, 0.15) is 6.61 Å². The molecule has 60 heavy (non-hydrogen) atoms. The summed E-state index contributed by atoms with van der Waals surface area (Å²) >= 11 is 0. The van der Waals surface area contributed by atoms with Crippen molar-refractivity contribution in [1.29, 1.82) is 0 Å². The zero-order chi connectivity index (χ0) is 44.2. The largest absolute Gasteiger partial charge is 0.477 e. The van der Waals surface area contributed by atoms with E-state index < -0.39 is 18.1 Å². The molecule has 0 heterocycles. The van der Waals surface area contributed by atoms with Gasteiger partial charge in [0.15, 0.2) is 12.1 Å². The molecule has 0 amide bonds. The number of ether oxygens (including phenoxy) is 3. The van der Waals surface area contributed by atoms with Gasteiger partial charge in [0.2, 0.25) is 0 Å². The van der Waals surface area contributed by atoms with Crippen molar-refractivity contribution in [3.63, 3.8) is 0 Å². The molecule has 0 radical (unpaired) electrons. The Morgan fingerprint density at radius 3 is 1.55 bits per heavy atom. The van der Waals surface area contributed by atoms with E-state index in [2.05, 4.69) is 74.6 Å². The predicted octanol–water partition coefficient (Wildman–Crippen LogP) is 12.9. The first-order valence-electron chi connectivity index (χ1n) is 23.0. The molecular weight excluding hydrogens is 751 g/mol. The van der Waals surface area contributed by atoms with E-state index in [1.165, 1.54) is 25.7 Å². The highest BCUT2D eigenvalue weighted by Gasteiger charge is 2.31. The molecule has 0 saturated carbocycles. The SMILES string of the molecule is CC/C=C/C=C/C=C/C=C/C=C/CCCCCC(=O)OCC(COCCC(C(=O)O)[N+](C)(C)C)OC(=O)CCCCCCC/C=C/C/C=C/C/C=C/C/C=C/CCCCC. The number of quaternary nitrogens is 1. The van der Waals surface area contributed by atoms with Gasteiger partial charge in [-0.25, -0.2) is 4.79 Å². The van der Waals surface area contributed by atoms with Crippen molar-refractivity contribution in [3.8, 4) is 0 Å².